The summed E-state index contributed by atoms with van der Waals surface area (Å²) in [5.41, 5.74) is 4.12. The molecule has 0 radical (unpaired) electrons. The molecule has 0 aliphatic heterocycles. The Morgan fingerprint density at radius 1 is 0.862 bits per heavy atom. The summed E-state index contributed by atoms with van der Waals surface area (Å²) in [6.07, 6.45) is 1.50. The van der Waals surface area contributed by atoms with Crippen molar-refractivity contribution in [2.45, 2.75) is 24.3 Å². The number of nitrogens with zero attached hydrogens (tertiary/aromatic N) is 1. The van der Waals surface area contributed by atoms with Crippen molar-refractivity contribution >= 4 is 15.7 Å². The summed E-state index contributed by atoms with van der Waals surface area (Å²) in [6, 6.07) is 24.7. The molecular formula is C24H25NO3S. The molecule has 0 saturated carbocycles. The van der Waals surface area contributed by atoms with Gasteiger partial charge in [0, 0.05) is 13.3 Å². The quantitative estimate of drug-likeness (QED) is 0.604. The van der Waals surface area contributed by atoms with Gasteiger partial charge in [-0.25, -0.2) is 8.42 Å². The number of amides is 1. The molecular weight excluding hydrogens is 382 g/mol. The van der Waals surface area contributed by atoms with Crippen LogP contribution in [0.3, 0.4) is 0 Å². The first-order chi connectivity index (χ1) is 13.8. The summed E-state index contributed by atoms with van der Waals surface area (Å²) >= 11 is 0. The SMILES string of the molecule is C[C@H](c1ccc(S(C)(=O)=O)cc1)N(C)C(=O)Cc1ccc(-c2ccccc2)cc1. The fourth-order valence-electron chi connectivity index (χ4n) is 3.18. The molecule has 1 amide bonds. The number of hydrogen-bond donors (Lipinski definition) is 0. The molecule has 0 fully saturated rings. The highest BCUT2D eigenvalue weighted by atomic mass is 32.2. The predicted molar refractivity (Wildman–Crippen MR) is 116 cm³/mol. The third kappa shape index (κ3) is 5.12. The summed E-state index contributed by atoms with van der Waals surface area (Å²) < 4.78 is 23.2. The first-order valence-corrected chi connectivity index (χ1v) is 11.3. The Balaban J connectivity index is 1.67. The maximum Gasteiger partial charge on any atom is 0.227 e. The normalized spacial score (nSPS) is 12.4. The molecule has 150 valence electrons. The maximum absolute atomic E-state index is 12.7. The average Bonchev–Trinajstić information content (AvgIpc) is 2.73. The highest BCUT2D eigenvalue weighted by Gasteiger charge is 2.18. The molecule has 3 aromatic carbocycles. The molecule has 0 N–H and O–H groups in total. The lowest BCUT2D eigenvalue weighted by Gasteiger charge is -2.25. The molecule has 29 heavy (non-hydrogen) atoms. The summed E-state index contributed by atoms with van der Waals surface area (Å²) in [7, 11) is -1.45. The number of carbonyl (C=O) groups excluding carboxylic acids is 1. The molecule has 3 rings (SSSR count). The lowest BCUT2D eigenvalue weighted by molar-refractivity contribution is -0.131. The Bertz CT molecular complexity index is 1070. The van der Waals surface area contributed by atoms with Crippen LogP contribution in [0.2, 0.25) is 0 Å². The van der Waals surface area contributed by atoms with Gasteiger partial charge < -0.3 is 4.90 Å². The van der Waals surface area contributed by atoms with Crippen LogP contribution in [0.15, 0.2) is 83.8 Å². The van der Waals surface area contributed by atoms with E-state index >= 15 is 0 Å². The molecule has 0 aliphatic rings. The smallest absolute Gasteiger partial charge is 0.227 e. The fraction of sp³-hybridized carbons (Fsp3) is 0.208. The Kier molecular flexibility index (Phi) is 6.18. The van der Waals surface area contributed by atoms with Crippen LogP contribution in [0.1, 0.15) is 24.1 Å². The van der Waals surface area contributed by atoms with Gasteiger partial charge in [0.15, 0.2) is 9.84 Å². The summed E-state index contributed by atoms with van der Waals surface area (Å²) in [4.78, 5) is 14.7. The van der Waals surface area contributed by atoms with Gasteiger partial charge in [-0.3, -0.25) is 4.79 Å². The van der Waals surface area contributed by atoms with E-state index in [0.717, 1.165) is 22.3 Å². The standard InChI is InChI=1S/C24H25NO3S/c1-18(20-13-15-23(16-14-20)29(3,27)28)25(2)24(26)17-19-9-11-22(12-10-19)21-7-5-4-6-8-21/h4-16,18H,17H2,1-3H3/t18-/m1/s1. The number of rotatable bonds is 6. The Labute approximate surface area is 172 Å². The van der Waals surface area contributed by atoms with E-state index in [2.05, 4.69) is 12.1 Å². The van der Waals surface area contributed by atoms with Crippen LogP contribution in [0.5, 0.6) is 0 Å². The summed E-state index contributed by atoms with van der Waals surface area (Å²) in [5.74, 6) is 0.0113. The van der Waals surface area contributed by atoms with Gasteiger partial charge in [-0.2, -0.15) is 0 Å². The van der Waals surface area contributed by atoms with Gasteiger partial charge in [0.1, 0.15) is 0 Å². The van der Waals surface area contributed by atoms with Crippen LogP contribution < -0.4 is 0 Å². The van der Waals surface area contributed by atoms with Gasteiger partial charge in [-0.05, 0) is 41.3 Å². The number of likely N-dealkylation sites (N-methyl/N-ethyl adjacent to an activating group) is 1. The van der Waals surface area contributed by atoms with E-state index in [9.17, 15) is 13.2 Å². The van der Waals surface area contributed by atoms with E-state index in [0.29, 0.717) is 6.42 Å². The molecule has 1 atom stereocenters. The van der Waals surface area contributed by atoms with Crippen LogP contribution in [0.4, 0.5) is 0 Å². The molecule has 0 heterocycles. The molecule has 4 nitrogen and oxygen atoms in total. The van der Waals surface area contributed by atoms with E-state index < -0.39 is 9.84 Å². The van der Waals surface area contributed by atoms with Crippen molar-refractivity contribution in [1.82, 2.24) is 4.90 Å². The van der Waals surface area contributed by atoms with Gasteiger partial charge >= 0.3 is 0 Å². The van der Waals surface area contributed by atoms with Crippen molar-refractivity contribution < 1.29 is 13.2 Å². The minimum atomic E-state index is -3.23. The van der Waals surface area contributed by atoms with Gasteiger partial charge in [-0.15, -0.1) is 0 Å². The van der Waals surface area contributed by atoms with E-state index in [1.807, 2.05) is 49.4 Å². The monoisotopic (exact) mass is 407 g/mol. The number of hydrogen-bond acceptors (Lipinski definition) is 3. The van der Waals surface area contributed by atoms with Crippen LogP contribution in [0, 0.1) is 0 Å². The number of benzene rings is 3. The van der Waals surface area contributed by atoms with Gasteiger partial charge in [0.2, 0.25) is 5.91 Å². The first kappa shape index (κ1) is 20.8. The van der Waals surface area contributed by atoms with Crippen molar-refractivity contribution in [2.75, 3.05) is 13.3 Å². The van der Waals surface area contributed by atoms with Crippen molar-refractivity contribution in [3.63, 3.8) is 0 Å². The van der Waals surface area contributed by atoms with Crippen LogP contribution in [0.25, 0.3) is 11.1 Å². The van der Waals surface area contributed by atoms with E-state index in [4.69, 9.17) is 0 Å². The third-order valence-corrected chi connectivity index (χ3v) is 6.31. The molecule has 0 spiro atoms. The molecule has 0 aromatic heterocycles. The fourth-order valence-corrected chi connectivity index (χ4v) is 3.81. The van der Waals surface area contributed by atoms with Gasteiger partial charge in [-0.1, -0.05) is 66.7 Å². The molecule has 0 aliphatic carbocycles. The zero-order chi connectivity index (χ0) is 21.0. The number of sulfone groups is 1. The zero-order valence-corrected chi connectivity index (χ0v) is 17.7. The Morgan fingerprint density at radius 3 is 1.97 bits per heavy atom. The second kappa shape index (κ2) is 8.62. The van der Waals surface area contributed by atoms with E-state index in [-0.39, 0.29) is 16.8 Å². The van der Waals surface area contributed by atoms with Crippen LogP contribution >= 0.6 is 0 Å². The molecule has 5 heteroatoms. The van der Waals surface area contributed by atoms with Crippen LogP contribution in [-0.2, 0) is 21.1 Å². The minimum absolute atomic E-state index is 0.0113. The Hall–Kier alpha value is -2.92. The lowest BCUT2D eigenvalue weighted by atomic mass is 10.0. The topological polar surface area (TPSA) is 54.5 Å². The second-order valence-corrected chi connectivity index (χ2v) is 9.28. The summed E-state index contributed by atoms with van der Waals surface area (Å²) in [5, 5.41) is 0. The molecule has 0 unspecified atom stereocenters. The lowest BCUT2D eigenvalue weighted by Crippen LogP contribution is -2.31. The number of carbonyl (C=O) groups is 1. The predicted octanol–water partition coefficient (Wildman–Crippen LogP) is 4.52. The van der Waals surface area contributed by atoms with Gasteiger partial charge in [0.25, 0.3) is 0 Å². The summed E-state index contributed by atoms with van der Waals surface area (Å²) in [6.45, 7) is 1.94. The molecule has 0 bridgehead atoms. The van der Waals surface area contributed by atoms with Gasteiger partial charge in [0.05, 0.1) is 17.4 Å². The largest absolute Gasteiger partial charge is 0.339 e. The van der Waals surface area contributed by atoms with Crippen molar-refractivity contribution in [2.24, 2.45) is 0 Å². The maximum atomic E-state index is 12.7. The second-order valence-electron chi connectivity index (χ2n) is 7.26. The third-order valence-electron chi connectivity index (χ3n) is 5.18. The highest BCUT2D eigenvalue weighted by Crippen LogP contribution is 2.23. The Morgan fingerprint density at radius 2 is 1.41 bits per heavy atom. The van der Waals surface area contributed by atoms with E-state index in [1.54, 1.807) is 36.2 Å². The van der Waals surface area contributed by atoms with Crippen LogP contribution in [-0.4, -0.2) is 32.5 Å². The zero-order valence-electron chi connectivity index (χ0n) is 16.9. The molecule has 0 saturated heterocycles. The molecule has 3 aromatic rings. The minimum Gasteiger partial charge on any atom is -0.339 e. The highest BCUT2D eigenvalue weighted by molar-refractivity contribution is 7.90. The van der Waals surface area contributed by atoms with Crippen molar-refractivity contribution in [3.8, 4) is 11.1 Å². The van der Waals surface area contributed by atoms with Crippen molar-refractivity contribution in [1.29, 1.82) is 0 Å². The first-order valence-electron chi connectivity index (χ1n) is 9.46. The van der Waals surface area contributed by atoms with E-state index in [1.165, 1.54) is 6.26 Å². The van der Waals surface area contributed by atoms with Crippen molar-refractivity contribution in [3.05, 3.63) is 90.0 Å². The average molecular weight is 408 g/mol.